The predicted octanol–water partition coefficient (Wildman–Crippen LogP) is 4.67. The van der Waals surface area contributed by atoms with Crippen LogP contribution in [0.25, 0.3) is 17.3 Å². The molecule has 5 rings (SSSR count). The molecule has 4 heterocycles. The number of furan rings is 1. The van der Waals surface area contributed by atoms with E-state index in [9.17, 15) is 4.79 Å². The van der Waals surface area contributed by atoms with E-state index in [1.165, 1.54) is 11.8 Å². The van der Waals surface area contributed by atoms with Gasteiger partial charge in [-0.05, 0) is 51.1 Å². The van der Waals surface area contributed by atoms with Crippen LogP contribution >= 0.6 is 11.8 Å². The average Bonchev–Trinajstić information content (AvgIpc) is 3.57. The molecule has 0 radical (unpaired) electrons. The van der Waals surface area contributed by atoms with Crippen LogP contribution in [-0.4, -0.2) is 37.7 Å². The van der Waals surface area contributed by atoms with Crippen LogP contribution in [0.2, 0.25) is 0 Å². The van der Waals surface area contributed by atoms with Crippen molar-refractivity contribution in [1.29, 1.82) is 0 Å². The number of ether oxygens (including phenoxy) is 2. The summed E-state index contributed by atoms with van der Waals surface area (Å²) in [5, 5.41) is 9.20. The summed E-state index contributed by atoms with van der Waals surface area (Å²) in [5.74, 6) is 3.07. The molecule has 0 unspecified atom stereocenters. The molecule has 0 saturated carbocycles. The number of hydrogen-bond donors (Lipinski definition) is 0. The Balaban J connectivity index is 1.37. The highest BCUT2D eigenvalue weighted by Crippen LogP contribution is 2.35. The van der Waals surface area contributed by atoms with Gasteiger partial charge in [-0.3, -0.25) is 9.36 Å². The van der Waals surface area contributed by atoms with Gasteiger partial charge in [-0.15, -0.1) is 10.2 Å². The van der Waals surface area contributed by atoms with Gasteiger partial charge in [0.2, 0.25) is 6.79 Å². The SMILES string of the molecule is CCn1c(SCC(=O)c2cc(C)n(-c3ccc4c(c3)OCO4)c2C)nnc1-c1ccco1. The van der Waals surface area contributed by atoms with Gasteiger partial charge < -0.3 is 18.5 Å². The van der Waals surface area contributed by atoms with Crippen molar-refractivity contribution in [3.63, 3.8) is 0 Å². The number of thioether (sulfide) groups is 1. The van der Waals surface area contributed by atoms with Gasteiger partial charge in [0.25, 0.3) is 0 Å². The number of aromatic nitrogens is 4. The van der Waals surface area contributed by atoms with E-state index in [0.29, 0.717) is 34.6 Å². The van der Waals surface area contributed by atoms with E-state index >= 15 is 0 Å². The van der Waals surface area contributed by atoms with Crippen LogP contribution in [0.3, 0.4) is 0 Å². The first-order valence-corrected chi connectivity index (χ1v) is 11.3. The number of carbonyl (C=O) groups is 1. The molecule has 1 aliphatic heterocycles. The van der Waals surface area contributed by atoms with Gasteiger partial charge in [0.05, 0.1) is 12.0 Å². The van der Waals surface area contributed by atoms with Crippen molar-refractivity contribution in [3.8, 4) is 28.8 Å². The van der Waals surface area contributed by atoms with Gasteiger partial charge in [0.1, 0.15) is 0 Å². The van der Waals surface area contributed by atoms with Gasteiger partial charge in [-0.2, -0.15) is 0 Å². The van der Waals surface area contributed by atoms with E-state index in [1.807, 2.05) is 61.7 Å². The molecule has 4 aromatic rings. The normalized spacial score (nSPS) is 12.5. The first-order valence-electron chi connectivity index (χ1n) is 10.3. The fraction of sp³-hybridized carbons (Fsp3) is 0.261. The fourth-order valence-corrected chi connectivity index (χ4v) is 4.83. The molecule has 32 heavy (non-hydrogen) atoms. The first kappa shape index (κ1) is 20.4. The Morgan fingerprint density at radius 1 is 1.12 bits per heavy atom. The van der Waals surface area contributed by atoms with Gasteiger partial charge in [0.15, 0.2) is 34.0 Å². The van der Waals surface area contributed by atoms with Crippen molar-refractivity contribution in [3.05, 3.63) is 59.6 Å². The van der Waals surface area contributed by atoms with Crippen LogP contribution in [0.1, 0.15) is 28.7 Å². The van der Waals surface area contributed by atoms with E-state index in [1.54, 1.807) is 6.26 Å². The summed E-state index contributed by atoms with van der Waals surface area (Å²) in [5.41, 5.74) is 3.50. The number of carbonyl (C=O) groups excluding carboxylic acids is 1. The summed E-state index contributed by atoms with van der Waals surface area (Å²) in [6, 6.07) is 11.4. The van der Waals surface area contributed by atoms with E-state index in [2.05, 4.69) is 14.8 Å². The summed E-state index contributed by atoms with van der Waals surface area (Å²) in [4.78, 5) is 13.1. The standard InChI is InChI=1S/C23H22N4O4S/c1-4-26-22(20-6-5-9-29-20)24-25-23(26)32-12-18(28)17-10-14(2)27(15(17)3)16-7-8-19-21(11-16)31-13-30-19/h5-11H,4,12-13H2,1-3H3. The second kappa shape index (κ2) is 8.23. The number of ketones is 1. The number of benzene rings is 1. The summed E-state index contributed by atoms with van der Waals surface area (Å²) in [7, 11) is 0. The van der Waals surface area contributed by atoms with Crippen LogP contribution in [-0.2, 0) is 6.54 Å². The molecule has 9 heteroatoms. The molecule has 0 spiro atoms. The minimum atomic E-state index is 0.0419. The molecule has 0 fully saturated rings. The topological polar surface area (TPSA) is 84.3 Å². The lowest BCUT2D eigenvalue weighted by atomic mass is 10.2. The molecule has 0 aliphatic carbocycles. The molecular formula is C23H22N4O4S. The lowest BCUT2D eigenvalue weighted by Crippen LogP contribution is -2.07. The van der Waals surface area contributed by atoms with Crippen molar-refractivity contribution in [2.24, 2.45) is 0 Å². The minimum absolute atomic E-state index is 0.0419. The second-order valence-corrected chi connectivity index (χ2v) is 8.34. The summed E-state index contributed by atoms with van der Waals surface area (Å²) >= 11 is 1.38. The molecule has 3 aromatic heterocycles. The highest BCUT2D eigenvalue weighted by molar-refractivity contribution is 7.99. The van der Waals surface area contributed by atoms with Crippen molar-refractivity contribution in [2.45, 2.75) is 32.5 Å². The average molecular weight is 451 g/mol. The first-order chi connectivity index (χ1) is 15.6. The Morgan fingerprint density at radius 2 is 1.97 bits per heavy atom. The third-order valence-corrected chi connectivity index (χ3v) is 6.42. The molecule has 0 bridgehead atoms. The van der Waals surface area contributed by atoms with Gasteiger partial charge in [-0.25, -0.2) is 0 Å². The number of fused-ring (bicyclic) bond motifs is 1. The van der Waals surface area contributed by atoms with Crippen molar-refractivity contribution < 1.29 is 18.7 Å². The maximum atomic E-state index is 13.1. The fourth-order valence-electron chi connectivity index (χ4n) is 3.94. The molecule has 1 aliphatic rings. The molecule has 1 aromatic carbocycles. The summed E-state index contributed by atoms with van der Waals surface area (Å²) in [6.45, 7) is 6.87. The maximum Gasteiger partial charge on any atom is 0.231 e. The Hall–Kier alpha value is -3.46. The third kappa shape index (κ3) is 3.48. The molecule has 8 nitrogen and oxygen atoms in total. The molecule has 0 saturated heterocycles. The second-order valence-electron chi connectivity index (χ2n) is 7.40. The Labute approximate surface area is 189 Å². The van der Waals surface area contributed by atoms with Crippen molar-refractivity contribution in [1.82, 2.24) is 19.3 Å². The van der Waals surface area contributed by atoms with E-state index in [0.717, 1.165) is 22.8 Å². The Kier molecular flexibility index (Phi) is 5.26. The predicted molar refractivity (Wildman–Crippen MR) is 120 cm³/mol. The van der Waals surface area contributed by atoms with Crippen LogP contribution < -0.4 is 9.47 Å². The lowest BCUT2D eigenvalue weighted by Gasteiger charge is -2.11. The quantitative estimate of drug-likeness (QED) is 0.299. The lowest BCUT2D eigenvalue weighted by molar-refractivity contribution is 0.102. The van der Waals surface area contributed by atoms with E-state index < -0.39 is 0 Å². The smallest absolute Gasteiger partial charge is 0.231 e. The van der Waals surface area contributed by atoms with E-state index in [4.69, 9.17) is 13.9 Å². The summed E-state index contributed by atoms with van der Waals surface area (Å²) < 4.78 is 20.4. The highest BCUT2D eigenvalue weighted by atomic mass is 32.2. The number of hydrogen-bond acceptors (Lipinski definition) is 7. The number of aryl methyl sites for hydroxylation is 1. The molecule has 0 N–H and O–H groups in total. The van der Waals surface area contributed by atoms with Gasteiger partial charge in [0, 0.05) is 35.2 Å². The monoisotopic (exact) mass is 450 g/mol. The number of rotatable bonds is 7. The largest absolute Gasteiger partial charge is 0.461 e. The van der Waals surface area contributed by atoms with Gasteiger partial charge >= 0.3 is 0 Å². The maximum absolute atomic E-state index is 13.1. The number of nitrogens with zero attached hydrogens (tertiary/aromatic N) is 4. The minimum Gasteiger partial charge on any atom is -0.461 e. The molecule has 0 amide bonds. The Morgan fingerprint density at radius 3 is 2.75 bits per heavy atom. The zero-order chi connectivity index (χ0) is 22.2. The zero-order valence-electron chi connectivity index (χ0n) is 18.0. The third-order valence-electron chi connectivity index (χ3n) is 5.45. The molecule has 0 atom stereocenters. The zero-order valence-corrected chi connectivity index (χ0v) is 18.8. The van der Waals surface area contributed by atoms with Crippen LogP contribution in [0.5, 0.6) is 11.5 Å². The van der Waals surface area contributed by atoms with Gasteiger partial charge in [-0.1, -0.05) is 11.8 Å². The summed E-state index contributed by atoms with van der Waals surface area (Å²) in [6.07, 6.45) is 1.61. The number of Topliss-reactive ketones (excluding diaryl/α,β-unsaturated/α-hetero) is 1. The Bertz CT molecular complexity index is 1290. The van der Waals surface area contributed by atoms with Crippen LogP contribution in [0, 0.1) is 13.8 Å². The molecule has 164 valence electrons. The van der Waals surface area contributed by atoms with Crippen LogP contribution in [0.15, 0.2) is 52.2 Å². The highest BCUT2D eigenvalue weighted by Gasteiger charge is 2.21. The van der Waals surface area contributed by atoms with Crippen molar-refractivity contribution in [2.75, 3.05) is 12.5 Å². The van der Waals surface area contributed by atoms with Crippen molar-refractivity contribution >= 4 is 17.5 Å². The molecular weight excluding hydrogens is 428 g/mol. The van der Waals surface area contributed by atoms with E-state index in [-0.39, 0.29) is 18.3 Å². The van der Waals surface area contributed by atoms with Crippen LogP contribution in [0.4, 0.5) is 0 Å².